The maximum Gasteiger partial charge on any atom is 0.277 e. The third-order valence-corrected chi connectivity index (χ3v) is 5.66. The van der Waals surface area contributed by atoms with Crippen LogP contribution in [-0.2, 0) is 0 Å². The first-order valence-electron chi connectivity index (χ1n) is 8.01. The van der Waals surface area contributed by atoms with Crippen LogP contribution in [0, 0.1) is 27.7 Å². The topological polar surface area (TPSA) is 67.2 Å². The largest absolute Gasteiger partial charge is 0.358 e. The van der Waals surface area contributed by atoms with Crippen LogP contribution in [0.5, 0.6) is 0 Å². The summed E-state index contributed by atoms with van der Waals surface area (Å²) in [5.74, 6) is 0. The molecule has 126 valence electrons. The van der Waals surface area contributed by atoms with E-state index >= 15 is 0 Å². The summed E-state index contributed by atoms with van der Waals surface area (Å²) in [5.41, 5.74) is 4.79. The fraction of sp³-hybridized carbons (Fsp3) is 0.211. The number of thiazole rings is 1. The first kappa shape index (κ1) is 15.8. The lowest BCUT2D eigenvalue weighted by atomic mass is 10.1. The molecule has 5 nitrogen and oxygen atoms in total. The minimum absolute atomic E-state index is 0.283. The van der Waals surface area contributed by atoms with Crippen molar-refractivity contribution in [3.8, 4) is 0 Å². The van der Waals surface area contributed by atoms with Gasteiger partial charge in [0.2, 0.25) is 4.96 Å². The molecule has 0 amide bonds. The molecule has 0 aliphatic heterocycles. The Hall–Kier alpha value is -2.73. The maximum atomic E-state index is 12.7. The molecule has 0 saturated carbocycles. The zero-order chi connectivity index (χ0) is 17.9. The third-order valence-electron chi connectivity index (χ3n) is 4.69. The lowest BCUT2D eigenvalue weighted by Crippen LogP contribution is -2.32. The van der Waals surface area contributed by atoms with Crippen LogP contribution in [0.1, 0.15) is 28.1 Å². The molecule has 0 atom stereocenters. The highest BCUT2D eigenvalue weighted by atomic mass is 32.1. The minimum Gasteiger partial charge on any atom is -0.358 e. The van der Waals surface area contributed by atoms with Crippen molar-refractivity contribution < 1.29 is 0 Å². The average molecular weight is 351 g/mol. The van der Waals surface area contributed by atoms with Crippen molar-refractivity contribution in [1.29, 1.82) is 0 Å². The van der Waals surface area contributed by atoms with E-state index in [4.69, 9.17) is 0 Å². The lowest BCUT2D eigenvalue weighted by molar-refractivity contribution is 0.974. The molecule has 1 N–H and O–H groups in total. The zero-order valence-electron chi connectivity index (χ0n) is 14.4. The molecule has 4 rings (SSSR count). The van der Waals surface area contributed by atoms with Crippen LogP contribution in [0.4, 0.5) is 0 Å². The highest BCUT2D eigenvalue weighted by molar-refractivity contribution is 7.15. The van der Waals surface area contributed by atoms with Crippen molar-refractivity contribution in [2.24, 2.45) is 0 Å². The Bertz CT molecular complexity index is 1330. The Morgan fingerprint density at radius 3 is 2.64 bits per heavy atom. The smallest absolute Gasteiger partial charge is 0.277 e. The Morgan fingerprint density at radius 2 is 1.88 bits per heavy atom. The van der Waals surface area contributed by atoms with E-state index in [1.807, 2.05) is 25.1 Å². The van der Waals surface area contributed by atoms with E-state index < -0.39 is 0 Å². The van der Waals surface area contributed by atoms with Gasteiger partial charge >= 0.3 is 0 Å². The Balaban J connectivity index is 2.10. The molecular formula is C19H17N3O2S. The number of aryl methyl sites for hydroxylation is 3. The minimum atomic E-state index is -0.304. The van der Waals surface area contributed by atoms with E-state index in [0.717, 1.165) is 27.7 Å². The van der Waals surface area contributed by atoms with Crippen LogP contribution in [0.15, 0.2) is 27.8 Å². The van der Waals surface area contributed by atoms with E-state index in [2.05, 4.69) is 23.0 Å². The van der Waals surface area contributed by atoms with E-state index in [1.165, 1.54) is 15.7 Å². The van der Waals surface area contributed by atoms with Crippen molar-refractivity contribution in [3.05, 3.63) is 71.5 Å². The van der Waals surface area contributed by atoms with Crippen molar-refractivity contribution in [2.45, 2.75) is 27.7 Å². The molecule has 0 radical (unpaired) electrons. The molecule has 0 aliphatic rings. The van der Waals surface area contributed by atoms with Gasteiger partial charge in [0.25, 0.3) is 11.1 Å². The number of para-hydroxylation sites is 1. The summed E-state index contributed by atoms with van der Waals surface area (Å²) in [5, 5.41) is 1.07. The van der Waals surface area contributed by atoms with E-state index in [9.17, 15) is 9.59 Å². The molecule has 0 spiro atoms. The Morgan fingerprint density at radius 1 is 1.12 bits per heavy atom. The number of hydrogen-bond acceptors (Lipinski definition) is 4. The van der Waals surface area contributed by atoms with Gasteiger partial charge in [-0.25, -0.2) is 9.38 Å². The van der Waals surface area contributed by atoms with E-state index in [-0.39, 0.29) is 11.1 Å². The van der Waals surface area contributed by atoms with Crippen molar-refractivity contribution in [1.82, 2.24) is 14.4 Å². The number of H-pyrrole nitrogens is 1. The van der Waals surface area contributed by atoms with Crippen molar-refractivity contribution in [2.75, 3.05) is 0 Å². The van der Waals surface area contributed by atoms with Gasteiger partial charge in [0.1, 0.15) is 0 Å². The highest BCUT2D eigenvalue weighted by Gasteiger charge is 2.13. The number of fused-ring (bicyclic) bond motifs is 2. The molecule has 1 aromatic carbocycles. The molecule has 3 heterocycles. The molecule has 0 unspecified atom stereocenters. The first-order chi connectivity index (χ1) is 11.9. The fourth-order valence-corrected chi connectivity index (χ4v) is 4.10. The predicted molar refractivity (Wildman–Crippen MR) is 102 cm³/mol. The molecule has 0 bridgehead atoms. The second-order valence-electron chi connectivity index (χ2n) is 6.32. The van der Waals surface area contributed by atoms with Crippen molar-refractivity contribution in [3.63, 3.8) is 0 Å². The van der Waals surface area contributed by atoms with Crippen molar-refractivity contribution >= 4 is 33.3 Å². The fourth-order valence-electron chi connectivity index (χ4n) is 3.11. The molecule has 0 fully saturated rings. The summed E-state index contributed by atoms with van der Waals surface area (Å²) in [4.78, 5) is 33.4. The molecule has 0 saturated heterocycles. The summed E-state index contributed by atoms with van der Waals surface area (Å²) >= 11 is 1.25. The van der Waals surface area contributed by atoms with Crippen LogP contribution < -0.4 is 15.7 Å². The number of aromatic nitrogens is 3. The van der Waals surface area contributed by atoms with E-state index in [1.54, 1.807) is 13.8 Å². The van der Waals surface area contributed by atoms with Gasteiger partial charge in [0, 0.05) is 33.4 Å². The number of rotatable bonds is 1. The van der Waals surface area contributed by atoms with Crippen LogP contribution in [0.2, 0.25) is 0 Å². The third kappa shape index (κ3) is 2.25. The monoisotopic (exact) mass is 351 g/mol. The second-order valence-corrected chi connectivity index (χ2v) is 7.33. The van der Waals surface area contributed by atoms with Crippen LogP contribution in [-0.4, -0.2) is 14.4 Å². The number of aromatic amines is 1. The normalized spacial score (nSPS) is 12.6. The van der Waals surface area contributed by atoms with Gasteiger partial charge in [-0.1, -0.05) is 29.5 Å². The number of nitrogens with one attached hydrogen (secondary N) is 1. The van der Waals surface area contributed by atoms with Gasteiger partial charge in [-0.3, -0.25) is 9.59 Å². The summed E-state index contributed by atoms with van der Waals surface area (Å²) in [6.07, 6.45) is 1.86. The Kier molecular flexibility index (Phi) is 3.40. The van der Waals surface area contributed by atoms with Gasteiger partial charge in [0.15, 0.2) is 0 Å². The summed E-state index contributed by atoms with van der Waals surface area (Å²) in [7, 11) is 0. The lowest BCUT2D eigenvalue weighted by Gasteiger charge is -1.97. The van der Waals surface area contributed by atoms with Gasteiger partial charge in [0.05, 0.1) is 4.53 Å². The number of hydrogen-bond donors (Lipinski definition) is 1. The van der Waals surface area contributed by atoms with Gasteiger partial charge in [-0.05, 0) is 39.3 Å². The second kappa shape index (κ2) is 5.39. The van der Waals surface area contributed by atoms with Gasteiger partial charge in [-0.2, -0.15) is 0 Å². The highest BCUT2D eigenvalue weighted by Crippen LogP contribution is 2.25. The summed E-state index contributed by atoms with van der Waals surface area (Å²) in [6, 6.07) is 6.09. The van der Waals surface area contributed by atoms with Gasteiger partial charge in [-0.15, -0.1) is 0 Å². The standard InChI is InChI=1S/C19H17N3O2S/c1-9-6-5-7-13-14(12(4)20-16(9)13)8-15-18(24)22-17(23)10(2)11(3)21-19(22)25-15/h5-8,20H,1-4H3/b15-8-. The molecular weight excluding hydrogens is 334 g/mol. The molecule has 6 heteroatoms. The number of nitrogens with zero attached hydrogens (tertiary/aromatic N) is 2. The predicted octanol–water partition coefficient (Wildman–Crippen LogP) is 2.38. The molecule has 0 aliphatic carbocycles. The zero-order valence-corrected chi connectivity index (χ0v) is 15.2. The van der Waals surface area contributed by atoms with E-state index in [0.29, 0.717) is 20.8 Å². The number of benzene rings is 1. The molecule has 4 aromatic rings. The van der Waals surface area contributed by atoms with Crippen LogP contribution >= 0.6 is 11.3 Å². The maximum absolute atomic E-state index is 12.7. The SMILES string of the molecule is Cc1nc2s/c(=C\c3c(C)[nH]c4c(C)cccc34)c(=O)n2c(=O)c1C. The molecule has 25 heavy (non-hydrogen) atoms. The molecule has 3 aromatic heterocycles. The Labute approximate surface area is 147 Å². The first-order valence-corrected chi connectivity index (χ1v) is 8.82. The quantitative estimate of drug-likeness (QED) is 0.572. The van der Waals surface area contributed by atoms with Crippen LogP contribution in [0.3, 0.4) is 0 Å². The summed E-state index contributed by atoms with van der Waals surface area (Å²) < 4.78 is 1.69. The summed E-state index contributed by atoms with van der Waals surface area (Å²) in [6.45, 7) is 7.53. The average Bonchev–Trinajstić information content (AvgIpc) is 3.05. The van der Waals surface area contributed by atoms with Crippen LogP contribution in [0.25, 0.3) is 21.9 Å². The van der Waals surface area contributed by atoms with Gasteiger partial charge < -0.3 is 4.98 Å².